The van der Waals surface area contributed by atoms with Crippen LogP contribution in [-0.2, 0) is 11.3 Å². The van der Waals surface area contributed by atoms with Crippen LogP contribution >= 0.6 is 0 Å². The summed E-state index contributed by atoms with van der Waals surface area (Å²) in [4.78, 5) is 25.3. The van der Waals surface area contributed by atoms with Gasteiger partial charge >= 0.3 is 0 Å². The van der Waals surface area contributed by atoms with E-state index in [2.05, 4.69) is 0 Å². The number of benzene rings is 2. The molecule has 3 rings (SSSR count). The Bertz CT molecular complexity index is 829. The molecule has 136 valence electrons. The van der Waals surface area contributed by atoms with Gasteiger partial charge < -0.3 is 4.90 Å². The summed E-state index contributed by atoms with van der Waals surface area (Å²) < 4.78 is 27.7. The Kier molecular flexibility index (Phi) is 4.97. The fourth-order valence-corrected chi connectivity index (χ4v) is 3.60. The van der Waals surface area contributed by atoms with E-state index in [0.717, 1.165) is 23.8 Å². The van der Waals surface area contributed by atoms with Crippen LogP contribution in [0.15, 0.2) is 48.5 Å². The number of carbonyl (C=O) groups is 1. The van der Waals surface area contributed by atoms with Gasteiger partial charge in [0.05, 0.1) is 12.0 Å². The van der Waals surface area contributed by atoms with Crippen LogP contribution in [0.25, 0.3) is 0 Å². The van der Waals surface area contributed by atoms with E-state index in [0.29, 0.717) is 0 Å². The minimum atomic E-state index is -1.22. The van der Waals surface area contributed by atoms with E-state index in [1.807, 2.05) is 30.3 Å². The zero-order chi connectivity index (χ0) is 18.8. The van der Waals surface area contributed by atoms with Crippen LogP contribution in [0.2, 0.25) is 0 Å². The molecule has 0 aliphatic carbocycles. The average Bonchev–Trinajstić information content (AvgIpc) is 2.60. The predicted molar refractivity (Wildman–Crippen MR) is 91.0 cm³/mol. The van der Waals surface area contributed by atoms with Crippen LogP contribution in [0, 0.1) is 21.7 Å². The van der Waals surface area contributed by atoms with E-state index in [1.54, 1.807) is 6.92 Å². The molecule has 5 nitrogen and oxygen atoms in total. The van der Waals surface area contributed by atoms with Gasteiger partial charge in [-0.05, 0) is 30.7 Å². The van der Waals surface area contributed by atoms with Gasteiger partial charge in [-0.3, -0.25) is 14.9 Å². The molecule has 3 atom stereocenters. The molecule has 0 aromatic heterocycles. The van der Waals surface area contributed by atoms with Crippen LogP contribution in [0.3, 0.4) is 0 Å². The lowest BCUT2D eigenvalue weighted by Gasteiger charge is -2.39. The number of carbonyl (C=O) groups excluding carboxylic acids is 1. The Morgan fingerprint density at radius 3 is 2.54 bits per heavy atom. The molecule has 1 saturated heterocycles. The Hall–Kier alpha value is -2.83. The van der Waals surface area contributed by atoms with Crippen molar-refractivity contribution in [3.8, 4) is 0 Å². The molecule has 0 saturated carbocycles. The zero-order valence-corrected chi connectivity index (χ0v) is 14.1. The largest absolute Gasteiger partial charge is 0.329 e. The number of likely N-dealkylation sites (tertiary alicyclic amines) is 1. The van der Waals surface area contributed by atoms with Crippen LogP contribution in [-0.4, -0.2) is 27.8 Å². The van der Waals surface area contributed by atoms with E-state index in [1.165, 1.54) is 4.90 Å². The minimum Gasteiger partial charge on any atom is -0.329 e. The summed E-state index contributed by atoms with van der Waals surface area (Å²) in [7, 11) is 0. The third kappa shape index (κ3) is 3.42. The summed E-state index contributed by atoms with van der Waals surface area (Å²) in [5.41, 5.74) is 0.733. The summed E-state index contributed by atoms with van der Waals surface area (Å²) in [5, 5.41) is 11.7. The molecule has 1 fully saturated rings. The number of nitro groups is 1. The van der Waals surface area contributed by atoms with Gasteiger partial charge in [0.1, 0.15) is 11.6 Å². The Labute approximate surface area is 149 Å². The van der Waals surface area contributed by atoms with Crippen molar-refractivity contribution in [2.75, 3.05) is 0 Å². The van der Waals surface area contributed by atoms with Gasteiger partial charge in [0.15, 0.2) is 0 Å². The van der Waals surface area contributed by atoms with Crippen molar-refractivity contribution >= 4 is 5.91 Å². The van der Waals surface area contributed by atoms with Crippen molar-refractivity contribution in [1.29, 1.82) is 0 Å². The lowest BCUT2D eigenvalue weighted by Crippen LogP contribution is -2.55. The molecule has 1 aliphatic rings. The second kappa shape index (κ2) is 7.19. The van der Waals surface area contributed by atoms with Gasteiger partial charge in [-0.15, -0.1) is 0 Å². The lowest BCUT2D eigenvalue weighted by atomic mass is 9.80. The first kappa shape index (κ1) is 18.0. The second-order valence-corrected chi connectivity index (χ2v) is 6.50. The smallest absolute Gasteiger partial charge is 0.240 e. The van der Waals surface area contributed by atoms with Crippen molar-refractivity contribution in [3.63, 3.8) is 0 Å². The maximum absolute atomic E-state index is 14.2. The maximum Gasteiger partial charge on any atom is 0.240 e. The van der Waals surface area contributed by atoms with Gasteiger partial charge in [0.2, 0.25) is 11.9 Å². The highest BCUT2D eigenvalue weighted by Gasteiger charge is 2.48. The molecule has 2 aromatic rings. The molecule has 0 N–H and O–H groups in total. The highest BCUT2D eigenvalue weighted by atomic mass is 19.1. The van der Waals surface area contributed by atoms with Gasteiger partial charge in [-0.2, -0.15) is 0 Å². The molecule has 0 bridgehead atoms. The number of nitrogens with zero attached hydrogens (tertiary/aromatic N) is 2. The topological polar surface area (TPSA) is 63.5 Å². The summed E-state index contributed by atoms with van der Waals surface area (Å²) in [6.45, 7) is 1.82. The standard InChI is InChI=1S/C19H18F2N2O3/c1-12-19(23(25)26)16(15-9-14(20)7-8-17(15)21)10-18(24)22(12)11-13-5-3-2-4-6-13/h2-9,12,16,19H,10-11H2,1H3/t12?,16-,19+/m1/s1. The van der Waals surface area contributed by atoms with Crippen molar-refractivity contribution in [2.24, 2.45) is 0 Å². The lowest BCUT2D eigenvalue weighted by molar-refractivity contribution is -0.535. The summed E-state index contributed by atoms with van der Waals surface area (Å²) in [6.07, 6.45) is -0.233. The fraction of sp³-hybridized carbons (Fsp3) is 0.316. The third-order valence-corrected chi connectivity index (χ3v) is 4.91. The van der Waals surface area contributed by atoms with Crippen molar-refractivity contribution < 1.29 is 18.5 Å². The zero-order valence-electron chi connectivity index (χ0n) is 14.1. The van der Waals surface area contributed by atoms with Crippen LogP contribution in [0.4, 0.5) is 8.78 Å². The summed E-state index contributed by atoms with van der Waals surface area (Å²) in [5.74, 6) is -2.74. The highest BCUT2D eigenvalue weighted by molar-refractivity contribution is 5.79. The molecule has 1 heterocycles. The average molecular weight is 360 g/mol. The second-order valence-electron chi connectivity index (χ2n) is 6.50. The number of hydrogen-bond acceptors (Lipinski definition) is 3. The highest BCUT2D eigenvalue weighted by Crippen LogP contribution is 2.36. The summed E-state index contributed by atoms with van der Waals surface area (Å²) >= 11 is 0. The maximum atomic E-state index is 14.2. The molecule has 0 spiro atoms. The van der Waals surface area contributed by atoms with Gasteiger partial charge in [0, 0.05) is 23.5 Å². The Morgan fingerprint density at radius 2 is 1.88 bits per heavy atom. The van der Waals surface area contributed by atoms with E-state index in [9.17, 15) is 23.7 Å². The number of hydrogen-bond donors (Lipinski definition) is 0. The quantitative estimate of drug-likeness (QED) is 0.619. The van der Waals surface area contributed by atoms with Gasteiger partial charge in [-0.1, -0.05) is 30.3 Å². The molecule has 7 heteroatoms. The number of rotatable bonds is 4. The SMILES string of the molecule is CC1[C@H]([N+](=O)[O-])[C@@H](c2cc(F)ccc2F)CC(=O)N1Cc1ccccc1. The van der Waals surface area contributed by atoms with E-state index < -0.39 is 34.6 Å². The first-order chi connectivity index (χ1) is 12.4. The Balaban J connectivity index is 1.94. The van der Waals surface area contributed by atoms with E-state index in [4.69, 9.17) is 0 Å². The Morgan fingerprint density at radius 1 is 1.19 bits per heavy atom. The predicted octanol–water partition coefficient (Wildman–Crippen LogP) is 3.51. The molecule has 26 heavy (non-hydrogen) atoms. The van der Waals surface area contributed by atoms with Crippen LogP contribution in [0.5, 0.6) is 0 Å². The molecule has 1 aliphatic heterocycles. The van der Waals surface area contributed by atoms with E-state index in [-0.39, 0.29) is 24.4 Å². The van der Waals surface area contributed by atoms with E-state index >= 15 is 0 Å². The summed E-state index contributed by atoms with van der Waals surface area (Å²) in [6, 6.07) is 10.0. The molecule has 2 aromatic carbocycles. The number of piperidine rings is 1. The number of halogens is 2. The van der Waals surface area contributed by atoms with Gasteiger partial charge in [0.25, 0.3) is 0 Å². The first-order valence-electron chi connectivity index (χ1n) is 8.30. The van der Waals surface area contributed by atoms with Crippen molar-refractivity contribution in [2.45, 2.75) is 37.9 Å². The molecular weight excluding hydrogens is 342 g/mol. The van der Waals surface area contributed by atoms with Crippen molar-refractivity contribution in [1.82, 2.24) is 4.90 Å². The normalized spacial score (nSPS) is 23.1. The van der Waals surface area contributed by atoms with Crippen LogP contribution in [0.1, 0.15) is 30.4 Å². The molecule has 1 unspecified atom stereocenters. The molecular formula is C19H18F2N2O3. The number of amides is 1. The third-order valence-electron chi connectivity index (χ3n) is 4.91. The monoisotopic (exact) mass is 360 g/mol. The fourth-order valence-electron chi connectivity index (χ4n) is 3.60. The molecule has 1 amide bonds. The minimum absolute atomic E-state index is 0.119. The van der Waals surface area contributed by atoms with Crippen LogP contribution < -0.4 is 0 Å². The van der Waals surface area contributed by atoms with Crippen molar-refractivity contribution in [3.05, 3.63) is 81.4 Å². The molecule has 0 radical (unpaired) electrons. The first-order valence-corrected chi connectivity index (χ1v) is 8.30. The van der Waals surface area contributed by atoms with Gasteiger partial charge in [-0.25, -0.2) is 8.78 Å².